The van der Waals surface area contributed by atoms with Crippen LogP contribution in [0.3, 0.4) is 0 Å². The van der Waals surface area contributed by atoms with Crippen molar-refractivity contribution >= 4 is 15.9 Å². The zero-order valence-electron chi connectivity index (χ0n) is 17.0. The van der Waals surface area contributed by atoms with Gasteiger partial charge in [0.2, 0.25) is 10.0 Å². The Morgan fingerprint density at radius 1 is 1.14 bits per heavy atom. The lowest BCUT2D eigenvalue weighted by atomic mass is 10.1. The Balaban J connectivity index is 2.42. The Hall–Kier alpha value is -2.49. The second-order valence-electron chi connectivity index (χ2n) is 6.69. The molecule has 2 aromatic carbocycles. The van der Waals surface area contributed by atoms with E-state index in [-0.39, 0.29) is 22.8 Å². The molecule has 0 aliphatic carbocycles. The Bertz CT molecular complexity index is 964. The molecule has 0 aliphatic heterocycles. The molecule has 29 heavy (non-hydrogen) atoms. The van der Waals surface area contributed by atoms with E-state index in [4.69, 9.17) is 4.74 Å². The third-order valence-corrected chi connectivity index (χ3v) is 5.83. The van der Waals surface area contributed by atoms with Crippen LogP contribution in [0.4, 0.5) is 4.39 Å². The number of halogens is 1. The Kier molecular flexibility index (Phi) is 7.72. The van der Waals surface area contributed by atoms with Crippen molar-refractivity contribution in [3.05, 3.63) is 59.4 Å². The summed E-state index contributed by atoms with van der Waals surface area (Å²) in [5, 5.41) is 0. The average Bonchev–Trinajstić information content (AvgIpc) is 2.71. The minimum absolute atomic E-state index is 0.0689. The second-order valence-corrected chi connectivity index (χ2v) is 8.55. The number of carbonyl (C=O) groups excluding carboxylic acids is 1. The molecule has 0 bridgehead atoms. The summed E-state index contributed by atoms with van der Waals surface area (Å²) in [5.74, 6) is -0.668. The van der Waals surface area contributed by atoms with E-state index in [0.717, 1.165) is 0 Å². The van der Waals surface area contributed by atoms with Gasteiger partial charge in [0.05, 0.1) is 7.11 Å². The molecule has 1 N–H and O–H groups in total. The van der Waals surface area contributed by atoms with Crippen molar-refractivity contribution < 1.29 is 22.3 Å². The standard InChI is InChI=1S/C20H26FN3O4S/c1-22-29(26,27)19-13-15(9-10-18(19)28-4)20(25)24(12-11-23(2)3)14-16-7-5-6-8-17(16)21/h5-10,13,22H,11-12,14H2,1-4H3. The van der Waals surface area contributed by atoms with E-state index in [2.05, 4.69) is 4.72 Å². The first kappa shape index (κ1) is 22.8. The maximum atomic E-state index is 14.1. The van der Waals surface area contributed by atoms with Gasteiger partial charge in [-0.25, -0.2) is 17.5 Å². The second kappa shape index (κ2) is 9.82. The molecular formula is C20H26FN3O4S. The van der Waals surface area contributed by atoms with Crippen LogP contribution in [0.5, 0.6) is 5.75 Å². The SMILES string of the molecule is CNS(=O)(=O)c1cc(C(=O)N(CCN(C)C)Cc2ccccc2F)ccc1OC. The topological polar surface area (TPSA) is 79.0 Å². The summed E-state index contributed by atoms with van der Waals surface area (Å²) in [6, 6.07) is 10.5. The molecule has 7 nitrogen and oxygen atoms in total. The lowest BCUT2D eigenvalue weighted by Crippen LogP contribution is -2.36. The number of hydrogen-bond donors (Lipinski definition) is 1. The van der Waals surface area contributed by atoms with Crippen LogP contribution in [-0.2, 0) is 16.6 Å². The fourth-order valence-corrected chi connectivity index (χ4v) is 3.64. The lowest BCUT2D eigenvalue weighted by molar-refractivity contribution is 0.0730. The first-order chi connectivity index (χ1) is 13.7. The third-order valence-electron chi connectivity index (χ3n) is 4.39. The monoisotopic (exact) mass is 423 g/mol. The van der Waals surface area contributed by atoms with Gasteiger partial charge in [-0.15, -0.1) is 0 Å². The fraction of sp³-hybridized carbons (Fsp3) is 0.350. The molecule has 0 unspecified atom stereocenters. The van der Waals surface area contributed by atoms with E-state index in [1.807, 2.05) is 19.0 Å². The summed E-state index contributed by atoms with van der Waals surface area (Å²) < 4.78 is 46.1. The van der Waals surface area contributed by atoms with Crippen LogP contribution < -0.4 is 9.46 Å². The van der Waals surface area contributed by atoms with Crippen LogP contribution in [-0.4, -0.2) is 65.5 Å². The van der Waals surface area contributed by atoms with Crippen LogP contribution in [0, 0.1) is 5.82 Å². The summed E-state index contributed by atoms with van der Waals surface area (Å²) in [7, 11) is 2.55. The first-order valence-electron chi connectivity index (χ1n) is 8.98. The minimum atomic E-state index is -3.83. The van der Waals surface area contributed by atoms with Gasteiger partial charge in [-0.1, -0.05) is 18.2 Å². The molecule has 0 atom stereocenters. The molecule has 9 heteroatoms. The van der Waals surface area contributed by atoms with Crippen molar-refractivity contribution in [1.82, 2.24) is 14.5 Å². The van der Waals surface area contributed by atoms with Crippen LogP contribution in [0.25, 0.3) is 0 Å². The molecule has 1 amide bonds. The largest absolute Gasteiger partial charge is 0.495 e. The molecule has 2 aromatic rings. The van der Waals surface area contributed by atoms with Crippen molar-refractivity contribution in [3.63, 3.8) is 0 Å². The Morgan fingerprint density at radius 3 is 2.41 bits per heavy atom. The van der Waals surface area contributed by atoms with Crippen LogP contribution >= 0.6 is 0 Å². The summed E-state index contributed by atoms with van der Waals surface area (Å²) in [6.45, 7) is 0.984. The van der Waals surface area contributed by atoms with E-state index in [0.29, 0.717) is 18.7 Å². The number of likely N-dealkylation sites (N-methyl/N-ethyl adjacent to an activating group) is 1. The van der Waals surface area contributed by atoms with Crippen molar-refractivity contribution in [2.24, 2.45) is 0 Å². The maximum Gasteiger partial charge on any atom is 0.254 e. The van der Waals surface area contributed by atoms with E-state index < -0.39 is 21.7 Å². The summed E-state index contributed by atoms with van der Waals surface area (Å²) in [4.78, 5) is 16.4. The van der Waals surface area contributed by atoms with Crippen molar-refractivity contribution in [2.45, 2.75) is 11.4 Å². The number of sulfonamides is 1. The van der Waals surface area contributed by atoms with Gasteiger partial charge in [0.15, 0.2) is 0 Å². The number of ether oxygens (including phenoxy) is 1. The number of carbonyl (C=O) groups is 1. The predicted octanol–water partition coefficient (Wildman–Crippen LogP) is 1.95. The van der Waals surface area contributed by atoms with E-state index >= 15 is 0 Å². The average molecular weight is 424 g/mol. The van der Waals surface area contributed by atoms with Gasteiger partial charge in [-0.3, -0.25) is 4.79 Å². The van der Waals surface area contributed by atoms with Crippen LogP contribution in [0.15, 0.2) is 47.4 Å². The van der Waals surface area contributed by atoms with Gasteiger partial charge in [0.25, 0.3) is 5.91 Å². The molecular weight excluding hydrogens is 397 g/mol. The summed E-state index contributed by atoms with van der Waals surface area (Å²) >= 11 is 0. The summed E-state index contributed by atoms with van der Waals surface area (Å²) in [6.07, 6.45) is 0. The van der Waals surface area contributed by atoms with Crippen molar-refractivity contribution in [3.8, 4) is 5.75 Å². The molecule has 2 rings (SSSR count). The highest BCUT2D eigenvalue weighted by molar-refractivity contribution is 7.89. The number of methoxy groups -OCH3 is 1. The smallest absolute Gasteiger partial charge is 0.254 e. The van der Waals surface area contributed by atoms with Gasteiger partial charge < -0.3 is 14.5 Å². The fourth-order valence-electron chi connectivity index (χ4n) is 2.72. The normalized spacial score (nSPS) is 11.5. The van der Waals surface area contributed by atoms with E-state index in [9.17, 15) is 17.6 Å². The lowest BCUT2D eigenvalue weighted by Gasteiger charge is -2.25. The van der Waals surface area contributed by atoms with Crippen molar-refractivity contribution in [1.29, 1.82) is 0 Å². The van der Waals surface area contributed by atoms with Gasteiger partial charge in [0, 0.05) is 30.8 Å². The molecule has 0 aromatic heterocycles. The number of hydrogen-bond acceptors (Lipinski definition) is 5. The number of nitrogens with zero attached hydrogens (tertiary/aromatic N) is 2. The van der Waals surface area contributed by atoms with Crippen LogP contribution in [0.1, 0.15) is 15.9 Å². The molecule has 0 heterocycles. The first-order valence-corrected chi connectivity index (χ1v) is 10.5. The highest BCUT2D eigenvalue weighted by Crippen LogP contribution is 2.25. The Labute approximate surface area is 171 Å². The quantitative estimate of drug-likeness (QED) is 0.667. The molecule has 0 saturated carbocycles. The predicted molar refractivity (Wildman–Crippen MR) is 109 cm³/mol. The zero-order chi connectivity index (χ0) is 21.6. The number of benzene rings is 2. The van der Waals surface area contributed by atoms with Gasteiger partial charge >= 0.3 is 0 Å². The molecule has 0 saturated heterocycles. The highest BCUT2D eigenvalue weighted by atomic mass is 32.2. The number of rotatable bonds is 9. The molecule has 0 fully saturated rings. The summed E-state index contributed by atoms with van der Waals surface area (Å²) in [5.41, 5.74) is 0.561. The van der Waals surface area contributed by atoms with Gasteiger partial charge in [0.1, 0.15) is 16.5 Å². The van der Waals surface area contributed by atoms with E-state index in [1.54, 1.807) is 18.2 Å². The number of nitrogens with one attached hydrogen (secondary N) is 1. The van der Waals surface area contributed by atoms with Crippen LogP contribution in [0.2, 0.25) is 0 Å². The zero-order valence-corrected chi connectivity index (χ0v) is 17.8. The molecule has 0 spiro atoms. The molecule has 158 valence electrons. The molecule has 0 radical (unpaired) electrons. The number of amides is 1. The highest BCUT2D eigenvalue weighted by Gasteiger charge is 2.23. The van der Waals surface area contributed by atoms with Crippen molar-refractivity contribution in [2.75, 3.05) is 41.3 Å². The van der Waals surface area contributed by atoms with E-state index in [1.165, 1.54) is 43.3 Å². The van der Waals surface area contributed by atoms with Gasteiger partial charge in [-0.2, -0.15) is 0 Å². The molecule has 0 aliphatic rings. The minimum Gasteiger partial charge on any atom is -0.495 e. The maximum absolute atomic E-state index is 14.1. The van der Waals surface area contributed by atoms with Gasteiger partial charge in [-0.05, 0) is 45.4 Å². The third kappa shape index (κ3) is 5.75. The Morgan fingerprint density at radius 2 is 1.83 bits per heavy atom.